The number of rotatable bonds is 6. The summed E-state index contributed by atoms with van der Waals surface area (Å²) in [5, 5.41) is 0. The van der Waals surface area contributed by atoms with Crippen LogP contribution >= 0.6 is 0 Å². The molecule has 176 valence electrons. The van der Waals surface area contributed by atoms with E-state index in [2.05, 4.69) is 39.1 Å². The molecule has 7 heteroatoms. The summed E-state index contributed by atoms with van der Waals surface area (Å²) in [6.07, 6.45) is 6.76. The second kappa shape index (κ2) is 9.77. The second-order valence-corrected chi connectivity index (χ2v) is 9.91. The van der Waals surface area contributed by atoms with Crippen molar-refractivity contribution in [2.75, 3.05) is 38.5 Å². The van der Waals surface area contributed by atoms with Crippen LogP contribution in [0, 0.1) is 12.8 Å². The number of ether oxygens (including phenoxy) is 1. The quantitative estimate of drug-likeness (QED) is 0.730. The van der Waals surface area contributed by atoms with Gasteiger partial charge >= 0.3 is 0 Å². The highest BCUT2D eigenvalue weighted by molar-refractivity contribution is 5.92. The highest BCUT2D eigenvalue weighted by Gasteiger charge is 2.32. The molecule has 2 aromatic rings. The van der Waals surface area contributed by atoms with E-state index in [1.165, 1.54) is 24.0 Å². The van der Waals surface area contributed by atoms with E-state index >= 15 is 0 Å². The van der Waals surface area contributed by atoms with Crippen LogP contribution < -0.4 is 5.73 Å². The van der Waals surface area contributed by atoms with Crippen molar-refractivity contribution in [3.63, 3.8) is 0 Å². The maximum Gasteiger partial charge on any atom is 0.272 e. The summed E-state index contributed by atoms with van der Waals surface area (Å²) < 4.78 is 5.86. The number of piperidine rings is 1. The number of nitrogens with zero attached hydrogens (tertiary/aromatic N) is 4. The molecular formula is C26H35N5O2. The van der Waals surface area contributed by atoms with Crippen molar-refractivity contribution in [1.29, 1.82) is 0 Å². The van der Waals surface area contributed by atoms with Gasteiger partial charge in [-0.2, -0.15) is 0 Å². The van der Waals surface area contributed by atoms with Gasteiger partial charge in [0.1, 0.15) is 5.69 Å². The minimum absolute atomic E-state index is 0.0589. The minimum Gasteiger partial charge on any atom is -0.376 e. The number of carbonyl (C=O) groups excluding carboxylic acids is 1. The van der Waals surface area contributed by atoms with Gasteiger partial charge in [0.15, 0.2) is 0 Å². The van der Waals surface area contributed by atoms with Crippen molar-refractivity contribution in [2.24, 2.45) is 5.92 Å². The molecule has 1 aliphatic carbocycles. The van der Waals surface area contributed by atoms with Gasteiger partial charge in [0.25, 0.3) is 5.91 Å². The molecule has 2 fully saturated rings. The zero-order valence-corrected chi connectivity index (χ0v) is 19.6. The summed E-state index contributed by atoms with van der Waals surface area (Å²) in [6.45, 7) is 6.21. The van der Waals surface area contributed by atoms with Gasteiger partial charge in [0, 0.05) is 31.4 Å². The van der Waals surface area contributed by atoms with Crippen LogP contribution in [0.4, 0.5) is 5.95 Å². The van der Waals surface area contributed by atoms with E-state index in [9.17, 15) is 4.79 Å². The fourth-order valence-electron chi connectivity index (χ4n) is 5.74. The lowest BCUT2D eigenvalue weighted by molar-refractivity contribution is 0.0426. The first kappa shape index (κ1) is 22.3. The lowest BCUT2D eigenvalue weighted by atomic mass is 9.94. The Morgan fingerprint density at radius 2 is 1.85 bits per heavy atom. The van der Waals surface area contributed by atoms with E-state index in [0.29, 0.717) is 29.9 Å². The van der Waals surface area contributed by atoms with Crippen LogP contribution in [0.15, 0.2) is 30.3 Å². The normalized spacial score (nSPS) is 21.9. The standard InChI is InChI=1S/C26H35N5O2/c1-18-13-24(29-26(27)28-18)25(32)31(17-23-7-4-12-33-23)16-19-8-10-30(11-9-19)22-14-20-5-2-3-6-21(20)15-22/h2-3,5-6,13,19,22-23H,4,7-12,14-17H2,1H3,(H2,27,28,29)/t23-/m0/s1. The summed E-state index contributed by atoms with van der Waals surface area (Å²) in [4.78, 5) is 26.4. The van der Waals surface area contributed by atoms with Gasteiger partial charge in [0.05, 0.1) is 6.10 Å². The Balaban J connectivity index is 1.21. The molecule has 3 aliphatic rings. The molecule has 0 unspecified atom stereocenters. The lowest BCUT2D eigenvalue weighted by Crippen LogP contribution is -2.46. The number of aryl methyl sites for hydroxylation is 1. The van der Waals surface area contributed by atoms with Crippen LogP contribution in [-0.2, 0) is 17.6 Å². The van der Waals surface area contributed by atoms with Gasteiger partial charge in [0.2, 0.25) is 5.95 Å². The van der Waals surface area contributed by atoms with Gasteiger partial charge in [-0.25, -0.2) is 9.97 Å². The Morgan fingerprint density at radius 3 is 2.48 bits per heavy atom. The molecule has 1 atom stereocenters. The summed E-state index contributed by atoms with van der Waals surface area (Å²) in [5.74, 6) is 0.591. The third-order valence-electron chi connectivity index (χ3n) is 7.50. The monoisotopic (exact) mass is 449 g/mol. The molecule has 3 heterocycles. The van der Waals surface area contributed by atoms with Crippen LogP contribution in [0.1, 0.15) is 53.0 Å². The van der Waals surface area contributed by atoms with Crippen molar-refractivity contribution in [1.82, 2.24) is 19.8 Å². The summed E-state index contributed by atoms with van der Waals surface area (Å²) in [5.41, 5.74) is 9.96. The Morgan fingerprint density at radius 1 is 1.12 bits per heavy atom. The Bertz CT molecular complexity index is 937. The number of amides is 1. The number of fused-ring (bicyclic) bond motifs is 1. The highest BCUT2D eigenvalue weighted by atomic mass is 16.5. The molecule has 1 amide bonds. The summed E-state index contributed by atoms with van der Waals surface area (Å²) in [6, 6.07) is 11.2. The Labute approximate surface area is 196 Å². The number of carbonyl (C=O) groups is 1. The number of nitrogen functional groups attached to an aromatic ring is 1. The van der Waals surface area contributed by atoms with Crippen LogP contribution in [0.25, 0.3) is 0 Å². The van der Waals surface area contributed by atoms with Crippen molar-refractivity contribution in [3.8, 4) is 0 Å². The molecule has 0 bridgehead atoms. The zero-order chi connectivity index (χ0) is 22.8. The van der Waals surface area contributed by atoms with Gasteiger partial charge in [-0.15, -0.1) is 0 Å². The smallest absolute Gasteiger partial charge is 0.272 e. The molecule has 1 aromatic heterocycles. The predicted molar refractivity (Wildman–Crippen MR) is 128 cm³/mol. The zero-order valence-electron chi connectivity index (χ0n) is 19.6. The average molecular weight is 450 g/mol. The van der Waals surface area contributed by atoms with E-state index in [0.717, 1.165) is 51.9 Å². The predicted octanol–water partition coefficient (Wildman–Crippen LogP) is 2.87. The number of hydrogen-bond acceptors (Lipinski definition) is 6. The van der Waals surface area contributed by atoms with E-state index < -0.39 is 0 Å². The third kappa shape index (κ3) is 5.20. The first-order valence-corrected chi connectivity index (χ1v) is 12.4. The van der Waals surface area contributed by atoms with Crippen molar-refractivity contribution >= 4 is 11.9 Å². The fraction of sp³-hybridized carbons (Fsp3) is 0.577. The van der Waals surface area contributed by atoms with Crippen molar-refractivity contribution in [3.05, 3.63) is 52.8 Å². The number of nitrogens with two attached hydrogens (primary N) is 1. The fourth-order valence-corrected chi connectivity index (χ4v) is 5.74. The van der Waals surface area contributed by atoms with Crippen LogP contribution in [-0.4, -0.2) is 70.6 Å². The first-order valence-electron chi connectivity index (χ1n) is 12.4. The molecule has 0 spiro atoms. The molecule has 0 radical (unpaired) electrons. The van der Waals surface area contributed by atoms with E-state index in [4.69, 9.17) is 10.5 Å². The average Bonchev–Trinajstić information content (AvgIpc) is 3.48. The highest BCUT2D eigenvalue weighted by Crippen LogP contribution is 2.29. The molecular weight excluding hydrogens is 414 g/mol. The number of benzene rings is 1. The van der Waals surface area contributed by atoms with Gasteiger partial charge in [-0.3, -0.25) is 9.69 Å². The number of likely N-dealkylation sites (tertiary alicyclic amines) is 1. The molecule has 2 saturated heterocycles. The van der Waals surface area contributed by atoms with Gasteiger partial charge in [-0.05, 0) is 81.6 Å². The largest absolute Gasteiger partial charge is 0.376 e. The molecule has 33 heavy (non-hydrogen) atoms. The number of aromatic nitrogens is 2. The van der Waals surface area contributed by atoms with Gasteiger partial charge < -0.3 is 15.4 Å². The van der Waals surface area contributed by atoms with Crippen molar-refractivity contribution in [2.45, 2.75) is 57.6 Å². The van der Waals surface area contributed by atoms with Crippen LogP contribution in [0.3, 0.4) is 0 Å². The molecule has 2 aliphatic heterocycles. The van der Waals surface area contributed by atoms with E-state index in [1.54, 1.807) is 6.07 Å². The Hall–Kier alpha value is -2.51. The second-order valence-electron chi connectivity index (χ2n) is 9.91. The minimum atomic E-state index is -0.0589. The third-order valence-corrected chi connectivity index (χ3v) is 7.50. The van der Waals surface area contributed by atoms with Crippen molar-refractivity contribution < 1.29 is 9.53 Å². The summed E-state index contributed by atoms with van der Waals surface area (Å²) in [7, 11) is 0. The van der Waals surface area contributed by atoms with Gasteiger partial charge in [-0.1, -0.05) is 24.3 Å². The van der Waals surface area contributed by atoms with Crippen LogP contribution in [0.2, 0.25) is 0 Å². The SMILES string of the molecule is Cc1cc(C(=O)N(CC2CCN(C3Cc4ccccc4C3)CC2)C[C@@H]2CCCO2)nc(N)n1. The molecule has 2 N–H and O–H groups in total. The maximum absolute atomic E-state index is 13.4. The topological polar surface area (TPSA) is 84.6 Å². The van der Waals surface area contributed by atoms with E-state index in [-0.39, 0.29) is 18.0 Å². The number of hydrogen-bond donors (Lipinski definition) is 1. The molecule has 7 nitrogen and oxygen atoms in total. The van der Waals surface area contributed by atoms with E-state index in [1.807, 2.05) is 11.8 Å². The van der Waals surface area contributed by atoms with Crippen LogP contribution in [0.5, 0.6) is 0 Å². The molecule has 1 aromatic carbocycles. The summed E-state index contributed by atoms with van der Waals surface area (Å²) >= 11 is 0. The molecule has 0 saturated carbocycles. The first-order chi connectivity index (χ1) is 16.0. The molecule has 5 rings (SSSR count). The number of anilines is 1. The Kier molecular flexibility index (Phi) is 6.60. The maximum atomic E-state index is 13.4. The lowest BCUT2D eigenvalue weighted by Gasteiger charge is -2.38.